The zero-order valence-electron chi connectivity index (χ0n) is 19.1. The lowest BCUT2D eigenvalue weighted by Crippen LogP contribution is -2.07. The van der Waals surface area contributed by atoms with Crippen molar-refractivity contribution in [3.05, 3.63) is 57.6 Å². The quantitative estimate of drug-likeness (QED) is 0.240. The molecule has 6 heteroatoms. The van der Waals surface area contributed by atoms with Crippen LogP contribution >= 0.6 is 0 Å². The third-order valence-electron chi connectivity index (χ3n) is 6.16. The maximum Gasteiger partial charge on any atom is 0.126 e. The summed E-state index contributed by atoms with van der Waals surface area (Å²) in [4.78, 5) is 0. The fourth-order valence-electron chi connectivity index (χ4n) is 4.29. The van der Waals surface area contributed by atoms with E-state index in [0.29, 0.717) is 22.3 Å². The van der Waals surface area contributed by atoms with Gasteiger partial charge >= 0.3 is 0 Å². The minimum absolute atomic E-state index is 0.105. The Labute approximate surface area is 190 Å². The molecule has 0 aliphatic carbocycles. The van der Waals surface area contributed by atoms with Crippen LogP contribution in [0.25, 0.3) is 0 Å². The smallest absolute Gasteiger partial charge is 0.126 e. The highest BCUT2D eigenvalue weighted by molar-refractivity contribution is 5.50. The molecule has 0 aliphatic heterocycles. The monoisotopic (exact) mass is 446 g/mol. The van der Waals surface area contributed by atoms with Crippen LogP contribution in [0.3, 0.4) is 0 Å². The number of hydrogen-bond acceptors (Lipinski definition) is 6. The van der Waals surface area contributed by atoms with Crippen LogP contribution in [0, 0.1) is 0 Å². The van der Waals surface area contributed by atoms with E-state index in [2.05, 4.69) is 6.92 Å². The molecule has 2 rings (SSSR count). The Bertz CT molecular complexity index is 737. The summed E-state index contributed by atoms with van der Waals surface area (Å²) in [5.74, 6) is -0.351. The minimum atomic E-state index is -0.351. The molecule has 6 N–H and O–H groups in total. The van der Waals surface area contributed by atoms with Crippen LogP contribution in [0.5, 0.6) is 11.5 Å². The van der Waals surface area contributed by atoms with E-state index in [1.807, 2.05) is 0 Å². The van der Waals surface area contributed by atoms with Crippen LogP contribution in [-0.4, -0.2) is 30.6 Å². The Hall–Kier alpha value is -2.12. The molecule has 2 aromatic carbocycles. The first-order valence-electron chi connectivity index (χ1n) is 11.6. The lowest BCUT2D eigenvalue weighted by molar-refractivity contribution is 0.263. The van der Waals surface area contributed by atoms with Gasteiger partial charge in [0, 0.05) is 28.2 Å². The Kier molecular flexibility index (Phi) is 11.0. The topological polar surface area (TPSA) is 121 Å². The van der Waals surface area contributed by atoms with Gasteiger partial charge in [-0.1, -0.05) is 51.9 Å². The summed E-state index contributed by atoms with van der Waals surface area (Å²) < 4.78 is 0. The fourth-order valence-corrected chi connectivity index (χ4v) is 4.29. The van der Waals surface area contributed by atoms with E-state index >= 15 is 0 Å². The largest absolute Gasteiger partial charge is 0.507 e. The van der Waals surface area contributed by atoms with Gasteiger partial charge < -0.3 is 30.6 Å². The van der Waals surface area contributed by atoms with Gasteiger partial charge in [0.25, 0.3) is 0 Å². The van der Waals surface area contributed by atoms with Gasteiger partial charge in [-0.2, -0.15) is 0 Å². The van der Waals surface area contributed by atoms with Crippen molar-refractivity contribution in [1.82, 2.24) is 0 Å². The van der Waals surface area contributed by atoms with Crippen molar-refractivity contribution in [2.24, 2.45) is 0 Å². The molecule has 0 unspecified atom stereocenters. The molecule has 0 fully saturated rings. The fraction of sp³-hybridized carbons (Fsp3) is 0.538. The summed E-state index contributed by atoms with van der Waals surface area (Å²) in [5.41, 5.74) is 3.05. The SMILES string of the molecule is CCCCCCCCCC(c1cc(CO)c(O)c(CO)c1)c1cc(CO)c(O)c(CO)c1. The number of phenols is 2. The molecule has 0 saturated heterocycles. The lowest BCUT2D eigenvalue weighted by atomic mass is 9.83. The van der Waals surface area contributed by atoms with E-state index in [0.717, 1.165) is 36.8 Å². The number of benzene rings is 2. The molecule has 6 nitrogen and oxygen atoms in total. The molecular weight excluding hydrogens is 408 g/mol. The molecule has 0 aromatic heterocycles. The second-order valence-corrected chi connectivity index (χ2v) is 8.47. The van der Waals surface area contributed by atoms with Gasteiger partial charge in [-0.05, 0) is 41.8 Å². The molecule has 32 heavy (non-hydrogen) atoms. The lowest BCUT2D eigenvalue weighted by Gasteiger charge is -2.22. The van der Waals surface area contributed by atoms with Crippen molar-refractivity contribution >= 4 is 0 Å². The maximum absolute atomic E-state index is 10.3. The Balaban J connectivity index is 2.38. The third-order valence-corrected chi connectivity index (χ3v) is 6.16. The van der Waals surface area contributed by atoms with Gasteiger partial charge in [0.05, 0.1) is 26.4 Å². The van der Waals surface area contributed by atoms with Crippen LogP contribution in [-0.2, 0) is 26.4 Å². The van der Waals surface area contributed by atoms with Gasteiger partial charge in [-0.25, -0.2) is 0 Å². The van der Waals surface area contributed by atoms with Crippen molar-refractivity contribution in [2.75, 3.05) is 0 Å². The van der Waals surface area contributed by atoms with E-state index in [4.69, 9.17) is 0 Å². The predicted molar refractivity (Wildman–Crippen MR) is 124 cm³/mol. The van der Waals surface area contributed by atoms with Gasteiger partial charge in [0.1, 0.15) is 11.5 Å². The highest BCUT2D eigenvalue weighted by Gasteiger charge is 2.21. The number of aliphatic hydroxyl groups excluding tert-OH is 4. The normalized spacial score (nSPS) is 11.4. The maximum atomic E-state index is 10.3. The van der Waals surface area contributed by atoms with E-state index in [1.54, 1.807) is 24.3 Å². The minimum Gasteiger partial charge on any atom is -0.507 e. The van der Waals surface area contributed by atoms with Crippen LogP contribution in [0.2, 0.25) is 0 Å². The van der Waals surface area contributed by atoms with E-state index in [1.165, 1.54) is 25.7 Å². The number of unbranched alkanes of at least 4 members (excludes halogenated alkanes) is 6. The van der Waals surface area contributed by atoms with Crippen molar-refractivity contribution in [2.45, 2.75) is 90.6 Å². The number of aromatic hydroxyl groups is 2. The summed E-state index contributed by atoms with van der Waals surface area (Å²) in [7, 11) is 0. The summed E-state index contributed by atoms with van der Waals surface area (Å²) in [5, 5.41) is 59.3. The molecular formula is C26H38O6. The molecule has 0 bridgehead atoms. The van der Waals surface area contributed by atoms with Gasteiger partial charge in [0.15, 0.2) is 0 Å². The van der Waals surface area contributed by atoms with E-state index in [-0.39, 0.29) is 43.8 Å². The standard InChI is InChI=1S/C26H38O6/c1-2-3-4-5-6-7-8-9-24(18-10-20(14-27)25(31)21(11-18)15-28)19-12-22(16-29)26(32)23(13-19)17-30/h10-13,24,27-32H,2-9,14-17H2,1H3. The molecule has 0 heterocycles. The highest BCUT2D eigenvalue weighted by Crippen LogP contribution is 2.38. The van der Waals surface area contributed by atoms with Crippen LogP contribution < -0.4 is 0 Å². The Morgan fingerprint density at radius 1 is 0.562 bits per heavy atom. The Morgan fingerprint density at radius 2 is 0.906 bits per heavy atom. The molecule has 0 saturated carbocycles. The molecule has 0 spiro atoms. The zero-order chi connectivity index (χ0) is 23.5. The average Bonchev–Trinajstić information content (AvgIpc) is 2.81. The van der Waals surface area contributed by atoms with Gasteiger partial charge in [-0.15, -0.1) is 0 Å². The molecule has 0 aliphatic rings. The van der Waals surface area contributed by atoms with Crippen molar-refractivity contribution in [3.63, 3.8) is 0 Å². The molecule has 178 valence electrons. The second kappa shape index (κ2) is 13.4. The van der Waals surface area contributed by atoms with Crippen molar-refractivity contribution in [1.29, 1.82) is 0 Å². The summed E-state index contributed by atoms with van der Waals surface area (Å²) in [6, 6.07) is 6.96. The molecule has 0 amide bonds. The molecule has 0 radical (unpaired) electrons. The van der Waals surface area contributed by atoms with Crippen LogP contribution in [0.15, 0.2) is 24.3 Å². The number of hydrogen-bond donors (Lipinski definition) is 6. The van der Waals surface area contributed by atoms with Crippen molar-refractivity contribution < 1.29 is 30.6 Å². The summed E-state index contributed by atoms with van der Waals surface area (Å²) in [6.07, 6.45) is 8.91. The van der Waals surface area contributed by atoms with Crippen LogP contribution in [0.1, 0.15) is 97.6 Å². The van der Waals surface area contributed by atoms with Gasteiger partial charge in [0.2, 0.25) is 0 Å². The Morgan fingerprint density at radius 3 is 1.25 bits per heavy atom. The zero-order valence-corrected chi connectivity index (χ0v) is 19.1. The number of aliphatic hydroxyl groups is 4. The van der Waals surface area contributed by atoms with Gasteiger partial charge in [-0.3, -0.25) is 0 Å². The molecule has 0 atom stereocenters. The van der Waals surface area contributed by atoms with Crippen molar-refractivity contribution in [3.8, 4) is 11.5 Å². The second-order valence-electron chi connectivity index (χ2n) is 8.47. The number of rotatable bonds is 14. The van der Waals surface area contributed by atoms with Crippen LogP contribution in [0.4, 0.5) is 0 Å². The highest BCUT2D eigenvalue weighted by atomic mass is 16.3. The first-order chi connectivity index (χ1) is 15.5. The predicted octanol–water partition coefficient (Wildman–Crippen LogP) is 4.34. The van der Waals surface area contributed by atoms with E-state index < -0.39 is 0 Å². The third kappa shape index (κ3) is 6.69. The first kappa shape index (κ1) is 26.1. The molecule has 2 aromatic rings. The summed E-state index contributed by atoms with van der Waals surface area (Å²) in [6.45, 7) is 0.793. The summed E-state index contributed by atoms with van der Waals surface area (Å²) >= 11 is 0. The first-order valence-corrected chi connectivity index (χ1v) is 11.6. The average molecular weight is 447 g/mol. The van der Waals surface area contributed by atoms with E-state index in [9.17, 15) is 30.6 Å².